The molecule has 1 aromatic rings. The lowest BCUT2D eigenvalue weighted by molar-refractivity contribution is 0.441. The van der Waals surface area contributed by atoms with Crippen molar-refractivity contribution in [3.05, 3.63) is 28.8 Å². The minimum absolute atomic E-state index is 0.338. The highest BCUT2D eigenvalue weighted by atomic mass is 16.3. The maximum Gasteiger partial charge on any atom is 0.120 e. The second-order valence-corrected chi connectivity index (χ2v) is 6.64. The van der Waals surface area contributed by atoms with E-state index < -0.39 is 0 Å². The van der Waals surface area contributed by atoms with Crippen LogP contribution in [0.4, 0.5) is 0 Å². The fraction of sp³-hybridized carbons (Fsp3) is 0.684. The van der Waals surface area contributed by atoms with E-state index in [1.807, 2.05) is 12.1 Å². The summed E-state index contributed by atoms with van der Waals surface area (Å²) in [5.41, 5.74) is 3.85. The van der Waals surface area contributed by atoms with Gasteiger partial charge in [0.2, 0.25) is 0 Å². The van der Waals surface area contributed by atoms with E-state index in [-0.39, 0.29) is 0 Å². The molecule has 0 aliphatic heterocycles. The smallest absolute Gasteiger partial charge is 0.120 e. The number of fused-ring (bicyclic) bond motifs is 1. The van der Waals surface area contributed by atoms with Crippen LogP contribution in [0.1, 0.15) is 87.4 Å². The molecule has 0 amide bonds. The van der Waals surface area contributed by atoms with Crippen LogP contribution in [0, 0.1) is 6.92 Å². The van der Waals surface area contributed by atoms with Crippen molar-refractivity contribution < 1.29 is 5.11 Å². The van der Waals surface area contributed by atoms with Crippen molar-refractivity contribution in [3.63, 3.8) is 0 Å². The fourth-order valence-corrected chi connectivity index (χ4v) is 3.71. The Morgan fingerprint density at radius 1 is 1.10 bits per heavy atom. The summed E-state index contributed by atoms with van der Waals surface area (Å²) in [7, 11) is 0. The summed E-state index contributed by atoms with van der Waals surface area (Å²) in [5, 5.41) is 13.9. The van der Waals surface area contributed by atoms with Crippen LogP contribution in [0.25, 0.3) is 0 Å². The Hall–Kier alpha value is -1.02. The molecule has 2 unspecified atom stereocenters. The van der Waals surface area contributed by atoms with Crippen LogP contribution in [0.5, 0.6) is 5.75 Å². The molecule has 1 aliphatic rings. The van der Waals surface area contributed by atoms with Gasteiger partial charge in [-0.3, -0.25) is 0 Å². The van der Waals surface area contributed by atoms with Gasteiger partial charge < -0.3 is 10.4 Å². The van der Waals surface area contributed by atoms with E-state index in [2.05, 4.69) is 26.1 Å². The van der Waals surface area contributed by atoms with E-state index >= 15 is 0 Å². The van der Waals surface area contributed by atoms with Gasteiger partial charge in [0.15, 0.2) is 0 Å². The van der Waals surface area contributed by atoms with E-state index in [0.29, 0.717) is 17.7 Å². The molecule has 0 bridgehead atoms. The van der Waals surface area contributed by atoms with Crippen LogP contribution in [-0.4, -0.2) is 11.7 Å². The van der Waals surface area contributed by atoms with Gasteiger partial charge in [-0.15, -0.1) is 0 Å². The fourth-order valence-electron chi connectivity index (χ4n) is 3.71. The Labute approximate surface area is 130 Å². The van der Waals surface area contributed by atoms with Gasteiger partial charge in [0.25, 0.3) is 0 Å². The van der Waals surface area contributed by atoms with Gasteiger partial charge >= 0.3 is 0 Å². The standard InChI is InChI=1S/C19H31NO/c1-4-5-6-7-8-9-12-20-16-13-15(3)18-14(2)10-11-17(21)19(16)18/h10-11,15-16,20-21H,4-9,12-13H2,1-3H3. The lowest BCUT2D eigenvalue weighted by Crippen LogP contribution is -2.20. The summed E-state index contributed by atoms with van der Waals surface area (Å²) in [6.07, 6.45) is 9.10. The lowest BCUT2D eigenvalue weighted by Gasteiger charge is -2.16. The van der Waals surface area contributed by atoms with E-state index in [4.69, 9.17) is 0 Å². The number of aryl methyl sites for hydroxylation is 1. The third kappa shape index (κ3) is 4.00. The Morgan fingerprint density at radius 2 is 1.81 bits per heavy atom. The summed E-state index contributed by atoms with van der Waals surface area (Å²) in [6, 6.07) is 4.23. The third-order valence-electron chi connectivity index (χ3n) is 4.83. The zero-order valence-electron chi connectivity index (χ0n) is 13.9. The van der Waals surface area contributed by atoms with Gasteiger partial charge in [0, 0.05) is 11.6 Å². The average Bonchev–Trinajstić information content (AvgIpc) is 2.80. The maximum absolute atomic E-state index is 10.2. The van der Waals surface area contributed by atoms with Crippen molar-refractivity contribution in [1.82, 2.24) is 5.32 Å². The molecule has 1 aliphatic carbocycles. The summed E-state index contributed by atoms with van der Waals surface area (Å²) in [5.74, 6) is 1.02. The molecule has 0 saturated heterocycles. The molecule has 0 aromatic heterocycles. The largest absolute Gasteiger partial charge is 0.508 e. The van der Waals surface area contributed by atoms with E-state index in [1.54, 1.807) is 0 Å². The molecule has 0 fully saturated rings. The van der Waals surface area contributed by atoms with Crippen LogP contribution >= 0.6 is 0 Å². The maximum atomic E-state index is 10.2. The second kappa shape index (κ2) is 7.84. The van der Waals surface area contributed by atoms with Crippen molar-refractivity contribution in [3.8, 4) is 5.75 Å². The van der Waals surface area contributed by atoms with Crippen LogP contribution in [0.3, 0.4) is 0 Å². The molecular formula is C19H31NO. The van der Waals surface area contributed by atoms with Crippen LogP contribution in [-0.2, 0) is 0 Å². The summed E-state index contributed by atoms with van der Waals surface area (Å²) < 4.78 is 0. The van der Waals surface area contributed by atoms with Gasteiger partial charge in [-0.05, 0) is 49.4 Å². The zero-order valence-corrected chi connectivity index (χ0v) is 13.9. The van der Waals surface area contributed by atoms with Gasteiger partial charge in [-0.1, -0.05) is 52.0 Å². The first-order valence-electron chi connectivity index (χ1n) is 8.70. The molecule has 2 rings (SSSR count). The molecule has 0 radical (unpaired) electrons. The number of nitrogens with one attached hydrogen (secondary N) is 1. The number of hydrogen-bond donors (Lipinski definition) is 2. The minimum Gasteiger partial charge on any atom is -0.508 e. The number of rotatable bonds is 8. The highest BCUT2D eigenvalue weighted by Crippen LogP contribution is 2.45. The summed E-state index contributed by atoms with van der Waals surface area (Å²) >= 11 is 0. The van der Waals surface area contributed by atoms with Crippen LogP contribution < -0.4 is 5.32 Å². The number of aromatic hydroxyl groups is 1. The number of phenols is 1. The highest BCUT2D eigenvalue weighted by molar-refractivity contribution is 5.50. The quantitative estimate of drug-likeness (QED) is 0.645. The molecule has 2 N–H and O–H groups in total. The minimum atomic E-state index is 0.338. The molecule has 1 aromatic carbocycles. The average molecular weight is 289 g/mol. The van der Waals surface area contributed by atoms with Crippen LogP contribution in [0.15, 0.2) is 12.1 Å². The van der Waals surface area contributed by atoms with Gasteiger partial charge in [0.05, 0.1) is 0 Å². The Balaban J connectivity index is 1.83. The van der Waals surface area contributed by atoms with Crippen molar-refractivity contribution in [2.24, 2.45) is 0 Å². The molecule has 2 atom stereocenters. The molecule has 0 saturated carbocycles. The van der Waals surface area contributed by atoms with Gasteiger partial charge in [-0.25, -0.2) is 0 Å². The van der Waals surface area contributed by atoms with Crippen molar-refractivity contribution in [1.29, 1.82) is 0 Å². The monoisotopic (exact) mass is 289 g/mol. The number of hydrogen-bond acceptors (Lipinski definition) is 2. The Morgan fingerprint density at radius 3 is 2.57 bits per heavy atom. The zero-order chi connectivity index (χ0) is 15.2. The first-order chi connectivity index (χ1) is 10.1. The molecule has 2 nitrogen and oxygen atoms in total. The summed E-state index contributed by atoms with van der Waals surface area (Å²) in [6.45, 7) is 7.76. The Kier molecular flexibility index (Phi) is 6.10. The first kappa shape index (κ1) is 16.4. The van der Waals surface area contributed by atoms with Crippen molar-refractivity contribution >= 4 is 0 Å². The molecule has 0 heterocycles. The number of benzene rings is 1. The second-order valence-electron chi connectivity index (χ2n) is 6.64. The van der Waals surface area contributed by atoms with E-state index in [1.165, 1.54) is 49.7 Å². The number of phenolic OH excluding ortho intramolecular Hbond substituents is 1. The van der Waals surface area contributed by atoms with Crippen molar-refractivity contribution in [2.75, 3.05) is 6.54 Å². The van der Waals surface area contributed by atoms with E-state index in [9.17, 15) is 5.11 Å². The Bertz CT molecular complexity index is 455. The molecule has 0 spiro atoms. The van der Waals surface area contributed by atoms with Crippen molar-refractivity contribution in [2.45, 2.75) is 77.7 Å². The molecule has 21 heavy (non-hydrogen) atoms. The first-order valence-corrected chi connectivity index (χ1v) is 8.70. The van der Waals surface area contributed by atoms with Crippen LogP contribution in [0.2, 0.25) is 0 Å². The molecule has 118 valence electrons. The predicted octanol–water partition coefficient (Wildman–Crippen LogP) is 5.20. The normalized spacial score (nSPS) is 20.7. The lowest BCUT2D eigenvalue weighted by atomic mass is 9.97. The predicted molar refractivity (Wildman–Crippen MR) is 90.0 cm³/mol. The molecular weight excluding hydrogens is 258 g/mol. The van der Waals surface area contributed by atoms with E-state index in [0.717, 1.165) is 18.5 Å². The summed E-state index contributed by atoms with van der Waals surface area (Å²) in [4.78, 5) is 0. The van der Waals surface area contributed by atoms with Gasteiger partial charge in [0.1, 0.15) is 5.75 Å². The topological polar surface area (TPSA) is 32.3 Å². The third-order valence-corrected chi connectivity index (χ3v) is 4.83. The SMILES string of the molecule is CCCCCCCCNC1CC(C)c2c(C)ccc(O)c21. The number of unbranched alkanes of at least 4 members (excludes halogenated alkanes) is 5. The molecule has 2 heteroatoms. The van der Waals surface area contributed by atoms with Gasteiger partial charge in [-0.2, -0.15) is 0 Å². The highest BCUT2D eigenvalue weighted by Gasteiger charge is 2.31.